The maximum absolute atomic E-state index is 11.6. The molecule has 3 rings (SSSR count). The number of rotatable bonds is 5. The summed E-state index contributed by atoms with van der Waals surface area (Å²) in [6.45, 7) is 5.11. The lowest BCUT2D eigenvalue weighted by Crippen LogP contribution is -2.38. The normalized spacial score (nSPS) is 15.5. The quantitative estimate of drug-likeness (QED) is 0.793. The summed E-state index contributed by atoms with van der Waals surface area (Å²) in [5, 5.41) is 2.04. The predicted octanol–water partition coefficient (Wildman–Crippen LogP) is 2.34. The maximum Gasteiger partial charge on any atom is 0.337 e. The summed E-state index contributed by atoms with van der Waals surface area (Å²) in [6.07, 6.45) is 0. The highest BCUT2D eigenvalue weighted by Crippen LogP contribution is 2.22. The van der Waals surface area contributed by atoms with Crippen LogP contribution in [0.3, 0.4) is 0 Å². The Bertz CT molecular complexity index is 680. The Morgan fingerprint density at radius 3 is 2.65 bits per heavy atom. The molecule has 2 aromatic rings. The Labute approximate surface area is 135 Å². The third-order valence-electron chi connectivity index (χ3n) is 4.01. The number of hydrogen-bond donors (Lipinski definition) is 0. The van der Waals surface area contributed by atoms with Gasteiger partial charge in [-0.1, -0.05) is 12.1 Å². The average Bonchev–Trinajstić information content (AvgIpc) is 2.61. The summed E-state index contributed by atoms with van der Waals surface area (Å²) in [6, 6.07) is 11.4. The van der Waals surface area contributed by atoms with Gasteiger partial charge < -0.3 is 14.2 Å². The summed E-state index contributed by atoms with van der Waals surface area (Å²) in [5.74, 6) is 0.523. The first-order valence-corrected chi connectivity index (χ1v) is 7.81. The van der Waals surface area contributed by atoms with Crippen molar-refractivity contribution in [1.82, 2.24) is 4.90 Å². The Morgan fingerprint density at radius 1 is 1.13 bits per heavy atom. The summed E-state index contributed by atoms with van der Waals surface area (Å²) < 4.78 is 15.9. The molecule has 5 heteroatoms. The Kier molecular flexibility index (Phi) is 5.10. The highest BCUT2D eigenvalue weighted by Gasteiger charge is 2.10. The van der Waals surface area contributed by atoms with E-state index in [0.29, 0.717) is 12.2 Å². The van der Waals surface area contributed by atoms with Gasteiger partial charge in [0.2, 0.25) is 0 Å². The Balaban J connectivity index is 1.62. The van der Waals surface area contributed by atoms with Crippen LogP contribution in [0.2, 0.25) is 0 Å². The van der Waals surface area contributed by atoms with E-state index in [1.54, 1.807) is 6.07 Å². The highest BCUT2D eigenvalue weighted by atomic mass is 16.5. The zero-order chi connectivity index (χ0) is 16.1. The minimum atomic E-state index is -0.322. The zero-order valence-electron chi connectivity index (χ0n) is 13.3. The SMILES string of the molecule is COC(=O)c1ccc2cc(OCCN3CCOCC3)ccc2c1. The fourth-order valence-corrected chi connectivity index (χ4v) is 2.68. The number of ether oxygens (including phenoxy) is 3. The first-order valence-electron chi connectivity index (χ1n) is 7.81. The first kappa shape index (κ1) is 15.8. The lowest BCUT2D eigenvalue weighted by Gasteiger charge is -2.26. The number of hydrogen-bond acceptors (Lipinski definition) is 5. The Hall–Kier alpha value is -2.11. The molecule has 1 aliphatic rings. The van der Waals surface area contributed by atoms with Crippen molar-refractivity contribution < 1.29 is 19.0 Å². The third-order valence-corrected chi connectivity index (χ3v) is 4.01. The van der Waals surface area contributed by atoms with E-state index in [1.165, 1.54) is 7.11 Å². The van der Waals surface area contributed by atoms with Gasteiger partial charge in [0.05, 0.1) is 25.9 Å². The maximum atomic E-state index is 11.6. The van der Waals surface area contributed by atoms with Crippen LogP contribution in [0.1, 0.15) is 10.4 Å². The van der Waals surface area contributed by atoms with Gasteiger partial charge in [0.1, 0.15) is 12.4 Å². The number of carbonyl (C=O) groups excluding carboxylic acids is 1. The van der Waals surface area contributed by atoms with E-state index >= 15 is 0 Å². The van der Waals surface area contributed by atoms with Crippen molar-refractivity contribution in [3.63, 3.8) is 0 Å². The fourth-order valence-electron chi connectivity index (χ4n) is 2.68. The second-order valence-corrected chi connectivity index (χ2v) is 5.52. The molecule has 1 aliphatic heterocycles. The number of morpholine rings is 1. The van der Waals surface area contributed by atoms with Crippen LogP contribution in [-0.2, 0) is 9.47 Å². The van der Waals surface area contributed by atoms with Crippen LogP contribution >= 0.6 is 0 Å². The number of benzene rings is 2. The third kappa shape index (κ3) is 4.00. The van der Waals surface area contributed by atoms with Crippen LogP contribution in [0.25, 0.3) is 10.8 Å². The molecule has 1 saturated heterocycles. The van der Waals surface area contributed by atoms with Gasteiger partial charge >= 0.3 is 5.97 Å². The monoisotopic (exact) mass is 315 g/mol. The van der Waals surface area contributed by atoms with Gasteiger partial charge in [0.15, 0.2) is 0 Å². The number of fused-ring (bicyclic) bond motifs is 1. The van der Waals surface area contributed by atoms with Gasteiger partial charge in [-0.05, 0) is 35.0 Å². The van der Waals surface area contributed by atoms with Crippen molar-refractivity contribution in [1.29, 1.82) is 0 Å². The minimum absolute atomic E-state index is 0.322. The topological polar surface area (TPSA) is 48.0 Å². The lowest BCUT2D eigenvalue weighted by molar-refractivity contribution is 0.0322. The van der Waals surface area contributed by atoms with Gasteiger partial charge in [0.25, 0.3) is 0 Å². The molecule has 23 heavy (non-hydrogen) atoms. The summed E-state index contributed by atoms with van der Waals surface area (Å²) in [5.41, 5.74) is 0.556. The number of nitrogens with zero attached hydrogens (tertiary/aromatic N) is 1. The average molecular weight is 315 g/mol. The molecule has 0 unspecified atom stereocenters. The van der Waals surface area contributed by atoms with Crippen molar-refractivity contribution in [2.75, 3.05) is 46.6 Å². The van der Waals surface area contributed by atoms with E-state index in [9.17, 15) is 4.79 Å². The summed E-state index contributed by atoms with van der Waals surface area (Å²) in [4.78, 5) is 13.9. The van der Waals surface area contributed by atoms with Crippen molar-refractivity contribution >= 4 is 16.7 Å². The van der Waals surface area contributed by atoms with Gasteiger partial charge in [-0.25, -0.2) is 4.79 Å². The van der Waals surface area contributed by atoms with E-state index in [1.807, 2.05) is 30.3 Å². The van der Waals surface area contributed by atoms with Crippen LogP contribution in [-0.4, -0.2) is 57.4 Å². The van der Waals surface area contributed by atoms with Crippen molar-refractivity contribution in [2.24, 2.45) is 0 Å². The van der Waals surface area contributed by atoms with E-state index in [2.05, 4.69) is 4.90 Å². The molecular weight excluding hydrogens is 294 g/mol. The molecule has 122 valence electrons. The number of esters is 1. The predicted molar refractivity (Wildman–Crippen MR) is 88.0 cm³/mol. The first-order chi connectivity index (χ1) is 11.3. The van der Waals surface area contributed by atoms with Crippen LogP contribution in [0, 0.1) is 0 Å². The van der Waals surface area contributed by atoms with Crippen LogP contribution in [0.15, 0.2) is 36.4 Å². The molecule has 0 spiro atoms. The molecule has 0 N–H and O–H groups in total. The fraction of sp³-hybridized carbons (Fsp3) is 0.389. The molecule has 0 bridgehead atoms. The molecule has 0 aromatic heterocycles. The second kappa shape index (κ2) is 7.44. The minimum Gasteiger partial charge on any atom is -0.492 e. The smallest absolute Gasteiger partial charge is 0.337 e. The molecule has 0 amide bonds. The van der Waals surface area contributed by atoms with Crippen molar-refractivity contribution in [2.45, 2.75) is 0 Å². The van der Waals surface area contributed by atoms with Crippen molar-refractivity contribution in [3.8, 4) is 5.75 Å². The van der Waals surface area contributed by atoms with Gasteiger partial charge in [-0.2, -0.15) is 0 Å². The molecule has 0 radical (unpaired) electrons. The van der Waals surface area contributed by atoms with Crippen molar-refractivity contribution in [3.05, 3.63) is 42.0 Å². The van der Waals surface area contributed by atoms with Crippen LogP contribution < -0.4 is 4.74 Å². The zero-order valence-corrected chi connectivity index (χ0v) is 13.3. The van der Waals surface area contributed by atoms with E-state index in [-0.39, 0.29) is 5.97 Å². The Morgan fingerprint density at radius 2 is 1.87 bits per heavy atom. The molecule has 0 saturated carbocycles. The molecule has 0 aliphatic carbocycles. The largest absolute Gasteiger partial charge is 0.492 e. The molecule has 1 fully saturated rings. The van der Waals surface area contributed by atoms with Gasteiger partial charge in [0, 0.05) is 19.6 Å². The molecule has 1 heterocycles. The lowest BCUT2D eigenvalue weighted by atomic mass is 10.1. The van der Waals surface area contributed by atoms with E-state index in [0.717, 1.165) is 49.4 Å². The van der Waals surface area contributed by atoms with Gasteiger partial charge in [-0.3, -0.25) is 4.90 Å². The molecular formula is C18H21NO4. The molecule has 5 nitrogen and oxygen atoms in total. The number of methoxy groups -OCH3 is 1. The van der Waals surface area contributed by atoms with Crippen LogP contribution in [0.4, 0.5) is 0 Å². The summed E-state index contributed by atoms with van der Waals surface area (Å²) in [7, 11) is 1.39. The van der Waals surface area contributed by atoms with Gasteiger partial charge in [-0.15, -0.1) is 0 Å². The molecule has 2 aromatic carbocycles. The number of carbonyl (C=O) groups is 1. The van der Waals surface area contributed by atoms with E-state index in [4.69, 9.17) is 14.2 Å². The summed E-state index contributed by atoms with van der Waals surface area (Å²) >= 11 is 0. The molecule has 0 atom stereocenters. The van der Waals surface area contributed by atoms with E-state index < -0.39 is 0 Å². The standard InChI is InChI=1S/C18H21NO4/c1-21-18(20)16-3-2-15-13-17(5-4-14(15)12-16)23-11-8-19-6-9-22-10-7-19/h2-5,12-13H,6-11H2,1H3. The second-order valence-electron chi connectivity index (χ2n) is 5.52. The highest BCUT2D eigenvalue weighted by molar-refractivity contribution is 5.95. The van der Waals surface area contributed by atoms with Crippen LogP contribution in [0.5, 0.6) is 5.75 Å².